The average Bonchev–Trinajstić information content (AvgIpc) is 3.18. The first-order valence-corrected chi connectivity index (χ1v) is 14.2. The summed E-state index contributed by atoms with van der Waals surface area (Å²) in [6, 6.07) is 7.23. The molecule has 1 amide bonds. The number of benzene rings is 1. The molecule has 1 aliphatic heterocycles. The van der Waals surface area contributed by atoms with Gasteiger partial charge in [-0.05, 0) is 55.9 Å². The molecule has 170 valence electrons. The maximum atomic E-state index is 12.9. The van der Waals surface area contributed by atoms with Gasteiger partial charge in [-0.3, -0.25) is 9.69 Å². The van der Waals surface area contributed by atoms with Crippen molar-refractivity contribution < 1.29 is 13.2 Å². The van der Waals surface area contributed by atoms with Gasteiger partial charge in [-0.1, -0.05) is 25.1 Å². The van der Waals surface area contributed by atoms with Crippen molar-refractivity contribution in [3.63, 3.8) is 0 Å². The fourth-order valence-corrected chi connectivity index (χ4v) is 6.05. The van der Waals surface area contributed by atoms with E-state index in [1.165, 1.54) is 36.3 Å². The lowest BCUT2D eigenvalue weighted by atomic mass is 10.0. The van der Waals surface area contributed by atoms with Gasteiger partial charge in [-0.2, -0.15) is 16.5 Å². The van der Waals surface area contributed by atoms with Crippen LogP contribution in [-0.4, -0.2) is 55.3 Å². The molecular formula is C21H30N4O3S3. The Hall–Kier alpha value is -1.46. The Morgan fingerprint density at radius 1 is 1.35 bits per heavy atom. The molecule has 1 aromatic heterocycles. The van der Waals surface area contributed by atoms with Crippen LogP contribution in [0.4, 0.5) is 5.13 Å². The van der Waals surface area contributed by atoms with E-state index in [-0.39, 0.29) is 10.8 Å². The van der Waals surface area contributed by atoms with Crippen LogP contribution in [0.2, 0.25) is 0 Å². The number of carbonyl (C=O) groups excluding carboxylic acids is 1. The number of nitrogens with one attached hydrogen (secondary N) is 2. The number of hydrogen-bond donors (Lipinski definition) is 2. The first kappa shape index (κ1) is 24.2. The van der Waals surface area contributed by atoms with Crippen LogP contribution < -0.4 is 10.0 Å². The summed E-state index contributed by atoms with van der Waals surface area (Å²) in [5.74, 6) is 0.966. The minimum Gasteiger partial charge on any atom is -0.301 e. The molecule has 1 fully saturated rings. The van der Waals surface area contributed by atoms with Crippen LogP contribution in [0, 0.1) is 5.92 Å². The van der Waals surface area contributed by atoms with E-state index in [9.17, 15) is 13.2 Å². The molecule has 1 aliphatic rings. The van der Waals surface area contributed by atoms with Gasteiger partial charge >= 0.3 is 0 Å². The summed E-state index contributed by atoms with van der Waals surface area (Å²) < 4.78 is 28.0. The van der Waals surface area contributed by atoms with Crippen molar-refractivity contribution >= 4 is 44.2 Å². The number of anilines is 1. The highest BCUT2D eigenvalue weighted by atomic mass is 32.2. The summed E-state index contributed by atoms with van der Waals surface area (Å²) in [6.45, 7) is 5.18. The van der Waals surface area contributed by atoms with Crippen molar-refractivity contribution in [1.29, 1.82) is 0 Å². The Morgan fingerprint density at radius 3 is 2.84 bits per heavy atom. The number of piperidine rings is 1. The van der Waals surface area contributed by atoms with Gasteiger partial charge in [0.05, 0.1) is 10.6 Å². The molecule has 0 saturated carbocycles. The summed E-state index contributed by atoms with van der Waals surface area (Å²) in [4.78, 5) is 20.0. The van der Waals surface area contributed by atoms with E-state index in [2.05, 4.69) is 26.8 Å². The number of carbonyl (C=O) groups is 1. The van der Waals surface area contributed by atoms with E-state index in [4.69, 9.17) is 0 Å². The van der Waals surface area contributed by atoms with Crippen LogP contribution in [0.25, 0.3) is 0 Å². The third-order valence-electron chi connectivity index (χ3n) is 5.19. The number of likely N-dealkylation sites (tertiary alicyclic amines) is 1. The molecule has 10 heteroatoms. The van der Waals surface area contributed by atoms with Crippen LogP contribution in [0.15, 0.2) is 40.6 Å². The number of hydrogen-bond acceptors (Lipinski definition) is 7. The van der Waals surface area contributed by atoms with Crippen molar-refractivity contribution in [3.8, 4) is 0 Å². The van der Waals surface area contributed by atoms with E-state index in [0.29, 0.717) is 23.2 Å². The zero-order valence-corrected chi connectivity index (χ0v) is 20.4. The lowest BCUT2D eigenvalue weighted by Gasteiger charge is -2.30. The van der Waals surface area contributed by atoms with Gasteiger partial charge < -0.3 is 5.32 Å². The second-order valence-electron chi connectivity index (χ2n) is 7.88. The summed E-state index contributed by atoms with van der Waals surface area (Å²) >= 11 is 2.94. The third kappa shape index (κ3) is 7.28. The van der Waals surface area contributed by atoms with E-state index in [1.807, 2.05) is 11.6 Å². The first-order valence-electron chi connectivity index (χ1n) is 10.4. The van der Waals surface area contributed by atoms with Crippen molar-refractivity contribution in [2.75, 3.05) is 30.4 Å². The summed E-state index contributed by atoms with van der Waals surface area (Å²) in [7, 11) is -3.79. The summed E-state index contributed by atoms with van der Waals surface area (Å²) in [5.41, 5.74) is 0.930. The number of aromatic nitrogens is 1. The smallest absolute Gasteiger partial charge is 0.244 e. The van der Waals surface area contributed by atoms with Crippen molar-refractivity contribution in [1.82, 2.24) is 14.6 Å². The number of rotatable bonds is 10. The summed E-state index contributed by atoms with van der Waals surface area (Å²) in [6.07, 6.45) is 4.79. The Balaban J connectivity index is 1.63. The van der Waals surface area contributed by atoms with E-state index < -0.39 is 16.1 Å². The maximum absolute atomic E-state index is 12.9. The van der Waals surface area contributed by atoms with Crippen LogP contribution in [0.1, 0.15) is 31.9 Å². The average molecular weight is 483 g/mol. The second kappa shape index (κ2) is 11.4. The molecule has 1 saturated heterocycles. The zero-order valence-electron chi connectivity index (χ0n) is 17.9. The Kier molecular flexibility index (Phi) is 8.91. The fraction of sp³-hybridized carbons (Fsp3) is 0.524. The van der Waals surface area contributed by atoms with Gasteiger partial charge in [-0.25, -0.2) is 13.4 Å². The monoisotopic (exact) mass is 482 g/mol. The number of nitrogens with zero attached hydrogens (tertiary/aromatic N) is 2. The van der Waals surface area contributed by atoms with Gasteiger partial charge in [0.15, 0.2) is 5.13 Å². The number of amides is 1. The highest BCUT2D eigenvalue weighted by Gasteiger charge is 2.26. The van der Waals surface area contributed by atoms with Gasteiger partial charge in [0.1, 0.15) is 6.04 Å². The molecule has 1 aromatic carbocycles. The minimum atomic E-state index is -3.79. The van der Waals surface area contributed by atoms with Gasteiger partial charge in [0, 0.05) is 18.5 Å². The first-order chi connectivity index (χ1) is 14.9. The molecule has 0 radical (unpaired) electrons. The quantitative estimate of drug-likeness (QED) is 0.539. The topological polar surface area (TPSA) is 91.4 Å². The molecule has 2 N–H and O–H groups in total. The lowest BCUT2D eigenvalue weighted by molar-refractivity contribution is -0.117. The molecule has 2 unspecified atom stereocenters. The predicted octanol–water partition coefficient (Wildman–Crippen LogP) is 3.41. The third-order valence-corrected chi connectivity index (χ3v) is 8.12. The van der Waals surface area contributed by atoms with Crippen LogP contribution >= 0.6 is 23.1 Å². The fourth-order valence-electron chi connectivity index (χ4n) is 3.62. The Labute approximate surface area is 193 Å². The highest BCUT2D eigenvalue weighted by molar-refractivity contribution is 7.98. The predicted molar refractivity (Wildman–Crippen MR) is 128 cm³/mol. The Bertz CT molecular complexity index is 950. The molecule has 2 atom stereocenters. The summed E-state index contributed by atoms with van der Waals surface area (Å²) in [5, 5.41) is 5.26. The molecule has 0 bridgehead atoms. The number of sulfonamides is 1. The molecule has 0 spiro atoms. The second-order valence-corrected chi connectivity index (χ2v) is 11.4. The van der Waals surface area contributed by atoms with Gasteiger partial charge in [-0.15, -0.1) is 11.3 Å². The Morgan fingerprint density at radius 2 is 2.13 bits per heavy atom. The lowest BCUT2D eigenvalue weighted by Crippen LogP contribution is -2.44. The minimum absolute atomic E-state index is 0.143. The SMILES string of the molecule is CSCCC(NS(=O)(=O)c1ccccc1)C(=O)Nc1nc(CN2CCCC(C)C2)cs1. The van der Waals surface area contributed by atoms with E-state index in [1.54, 1.807) is 30.0 Å². The molecule has 31 heavy (non-hydrogen) atoms. The largest absolute Gasteiger partial charge is 0.301 e. The molecule has 2 aromatic rings. The molecular weight excluding hydrogens is 452 g/mol. The number of thiazole rings is 1. The zero-order chi connectivity index (χ0) is 22.3. The standard InChI is InChI=1S/C21H30N4O3S3/c1-16-7-6-11-25(13-16)14-17-15-30-21(22-17)23-20(26)19(10-12-29-2)24-31(27,28)18-8-4-3-5-9-18/h3-5,8-9,15-16,19,24H,6-7,10-14H2,1-2H3,(H,22,23,26). The molecule has 0 aliphatic carbocycles. The highest BCUT2D eigenvalue weighted by Crippen LogP contribution is 2.21. The molecule has 3 rings (SSSR count). The van der Waals surface area contributed by atoms with Gasteiger partial charge in [0.25, 0.3) is 0 Å². The van der Waals surface area contributed by atoms with E-state index in [0.717, 1.165) is 25.3 Å². The normalized spacial score (nSPS) is 18.6. The van der Waals surface area contributed by atoms with Crippen molar-refractivity contribution in [2.24, 2.45) is 5.92 Å². The van der Waals surface area contributed by atoms with Crippen LogP contribution in [0.3, 0.4) is 0 Å². The van der Waals surface area contributed by atoms with Gasteiger partial charge in [0.2, 0.25) is 15.9 Å². The molecule has 2 heterocycles. The number of thioether (sulfide) groups is 1. The maximum Gasteiger partial charge on any atom is 0.244 e. The van der Waals surface area contributed by atoms with Crippen molar-refractivity contribution in [2.45, 2.75) is 43.7 Å². The molecule has 7 nitrogen and oxygen atoms in total. The van der Waals surface area contributed by atoms with Crippen molar-refractivity contribution in [3.05, 3.63) is 41.4 Å². The van der Waals surface area contributed by atoms with E-state index >= 15 is 0 Å². The van der Waals surface area contributed by atoms with Crippen LogP contribution in [0.5, 0.6) is 0 Å². The van der Waals surface area contributed by atoms with Crippen LogP contribution in [-0.2, 0) is 21.4 Å².